The number of aryl methyl sites for hydroxylation is 3. The topological polar surface area (TPSA) is 54.6 Å². The van der Waals surface area contributed by atoms with E-state index in [2.05, 4.69) is 10.5 Å². The van der Waals surface area contributed by atoms with Crippen LogP contribution < -0.4 is 5.43 Å². The molecule has 2 rings (SSSR count). The van der Waals surface area contributed by atoms with Crippen LogP contribution in [-0.2, 0) is 0 Å². The average molecular weight is 256 g/mol. The van der Waals surface area contributed by atoms with Gasteiger partial charge in [-0.15, -0.1) is 0 Å². The van der Waals surface area contributed by atoms with Gasteiger partial charge in [-0.25, -0.2) is 5.43 Å². The predicted molar refractivity (Wildman–Crippen MR) is 74.4 cm³/mol. The molecule has 4 nitrogen and oxygen atoms in total. The van der Waals surface area contributed by atoms with Crippen molar-refractivity contribution in [2.24, 2.45) is 5.10 Å². The van der Waals surface area contributed by atoms with Gasteiger partial charge in [0.1, 0.15) is 11.5 Å². The van der Waals surface area contributed by atoms with Crippen molar-refractivity contribution in [3.8, 4) is 0 Å². The lowest BCUT2D eigenvalue weighted by atomic mass is 10.2. The zero-order chi connectivity index (χ0) is 13.8. The first kappa shape index (κ1) is 13.1. The molecule has 0 aliphatic carbocycles. The van der Waals surface area contributed by atoms with Gasteiger partial charge < -0.3 is 4.42 Å². The minimum atomic E-state index is -0.266. The van der Waals surface area contributed by atoms with Crippen LogP contribution in [-0.4, -0.2) is 12.1 Å². The van der Waals surface area contributed by atoms with Gasteiger partial charge in [-0.2, -0.15) is 5.10 Å². The van der Waals surface area contributed by atoms with Crippen molar-refractivity contribution < 1.29 is 9.21 Å². The maximum atomic E-state index is 11.9. The number of hydrogen-bond donors (Lipinski definition) is 1. The number of furan rings is 1. The third-order valence-corrected chi connectivity index (χ3v) is 2.71. The standard InChI is InChI=1S/C15H16N2O2/c1-10-5-4-6-13(7-10)9-16-17-15(18)14-8-11(2)19-12(14)3/h4-9H,1-3H3,(H,17,18)/b16-9-. The molecule has 0 bridgehead atoms. The Morgan fingerprint density at radius 2 is 2.05 bits per heavy atom. The number of carbonyl (C=O) groups is 1. The van der Waals surface area contributed by atoms with E-state index in [0.717, 1.165) is 11.1 Å². The average Bonchev–Trinajstić information content (AvgIpc) is 2.68. The summed E-state index contributed by atoms with van der Waals surface area (Å²) in [6.07, 6.45) is 1.62. The maximum Gasteiger partial charge on any atom is 0.274 e. The summed E-state index contributed by atoms with van der Waals surface area (Å²) in [5, 5.41) is 3.94. The highest BCUT2D eigenvalue weighted by molar-refractivity contribution is 5.95. The molecule has 0 aliphatic rings. The van der Waals surface area contributed by atoms with E-state index in [4.69, 9.17) is 4.42 Å². The van der Waals surface area contributed by atoms with Gasteiger partial charge in [0.05, 0.1) is 11.8 Å². The third-order valence-electron chi connectivity index (χ3n) is 2.71. The fourth-order valence-corrected chi connectivity index (χ4v) is 1.83. The maximum absolute atomic E-state index is 11.9. The monoisotopic (exact) mass is 256 g/mol. The van der Waals surface area contributed by atoms with Gasteiger partial charge in [0.25, 0.3) is 5.91 Å². The van der Waals surface area contributed by atoms with Crippen molar-refractivity contribution in [1.82, 2.24) is 5.43 Å². The molecule has 1 N–H and O–H groups in total. The highest BCUT2D eigenvalue weighted by Gasteiger charge is 2.12. The van der Waals surface area contributed by atoms with Gasteiger partial charge >= 0.3 is 0 Å². The molecule has 0 saturated carbocycles. The van der Waals surface area contributed by atoms with Crippen molar-refractivity contribution in [3.63, 3.8) is 0 Å². The van der Waals surface area contributed by atoms with E-state index in [-0.39, 0.29) is 5.91 Å². The molecule has 0 aliphatic heterocycles. The predicted octanol–water partition coefficient (Wildman–Crippen LogP) is 2.97. The van der Waals surface area contributed by atoms with Crippen LogP contribution in [0.3, 0.4) is 0 Å². The van der Waals surface area contributed by atoms with Gasteiger partial charge in [0, 0.05) is 0 Å². The normalized spacial score (nSPS) is 10.9. The zero-order valence-corrected chi connectivity index (χ0v) is 11.2. The second-order valence-corrected chi connectivity index (χ2v) is 4.44. The van der Waals surface area contributed by atoms with Gasteiger partial charge in [-0.3, -0.25) is 4.79 Å². The first-order valence-corrected chi connectivity index (χ1v) is 6.03. The molecule has 0 spiro atoms. The minimum absolute atomic E-state index is 0.266. The summed E-state index contributed by atoms with van der Waals surface area (Å²) < 4.78 is 5.30. The molecule has 1 aromatic heterocycles. The van der Waals surface area contributed by atoms with Gasteiger partial charge in [0.2, 0.25) is 0 Å². The Kier molecular flexibility index (Phi) is 3.80. The van der Waals surface area contributed by atoms with Crippen LogP contribution in [0.2, 0.25) is 0 Å². The zero-order valence-electron chi connectivity index (χ0n) is 11.2. The molecular formula is C15H16N2O2. The van der Waals surface area contributed by atoms with Crippen LogP contribution >= 0.6 is 0 Å². The first-order chi connectivity index (χ1) is 9.06. The Labute approximate surface area is 112 Å². The molecule has 98 valence electrons. The fourth-order valence-electron chi connectivity index (χ4n) is 1.83. The molecule has 0 saturated heterocycles. The third kappa shape index (κ3) is 3.31. The Morgan fingerprint density at radius 1 is 1.26 bits per heavy atom. The SMILES string of the molecule is Cc1cccc(/C=N\NC(=O)c2cc(C)oc2C)c1. The van der Waals surface area contributed by atoms with E-state index in [1.165, 1.54) is 0 Å². The quantitative estimate of drug-likeness (QED) is 0.678. The van der Waals surface area contributed by atoms with Crippen molar-refractivity contribution in [2.75, 3.05) is 0 Å². The van der Waals surface area contributed by atoms with Gasteiger partial charge in [0.15, 0.2) is 0 Å². The molecule has 0 unspecified atom stereocenters. The Bertz CT molecular complexity index is 627. The summed E-state index contributed by atoms with van der Waals surface area (Å²) in [4.78, 5) is 11.9. The lowest BCUT2D eigenvalue weighted by Crippen LogP contribution is -2.17. The molecule has 1 heterocycles. The molecule has 0 fully saturated rings. The summed E-state index contributed by atoms with van der Waals surface area (Å²) >= 11 is 0. The minimum Gasteiger partial charge on any atom is -0.466 e. The van der Waals surface area contributed by atoms with E-state index in [1.54, 1.807) is 26.1 Å². The Hall–Kier alpha value is -2.36. The number of rotatable bonds is 3. The molecule has 1 aromatic carbocycles. The summed E-state index contributed by atoms with van der Waals surface area (Å²) in [6, 6.07) is 9.57. The Balaban J connectivity index is 2.03. The second-order valence-electron chi connectivity index (χ2n) is 4.44. The smallest absolute Gasteiger partial charge is 0.274 e. The number of amides is 1. The second kappa shape index (κ2) is 5.52. The number of carbonyl (C=O) groups excluding carboxylic acids is 1. The molecule has 1 amide bonds. The molecule has 0 atom stereocenters. The van der Waals surface area contributed by atoms with E-state index in [9.17, 15) is 4.79 Å². The largest absolute Gasteiger partial charge is 0.466 e. The number of benzene rings is 1. The van der Waals surface area contributed by atoms with Crippen LogP contribution in [0.1, 0.15) is 33.0 Å². The van der Waals surface area contributed by atoms with Crippen LogP contribution in [0.15, 0.2) is 39.9 Å². The van der Waals surface area contributed by atoms with Crippen molar-refractivity contribution >= 4 is 12.1 Å². The summed E-state index contributed by atoms with van der Waals surface area (Å²) in [5.74, 6) is 1.05. The number of hydrazone groups is 1. The van der Waals surface area contributed by atoms with Crippen LogP contribution in [0.4, 0.5) is 0 Å². The molecular weight excluding hydrogens is 240 g/mol. The van der Waals surface area contributed by atoms with Gasteiger partial charge in [-0.05, 0) is 32.4 Å². The fraction of sp³-hybridized carbons (Fsp3) is 0.200. The summed E-state index contributed by atoms with van der Waals surface area (Å²) in [7, 11) is 0. The highest BCUT2D eigenvalue weighted by atomic mass is 16.3. The van der Waals surface area contributed by atoms with E-state index >= 15 is 0 Å². The summed E-state index contributed by atoms with van der Waals surface area (Å²) in [6.45, 7) is 5.57. The lowest BCUT2D eigenvalue weighted by Gasteiger charge is -1.98. The molecule has 4 heteroatoms. The number of nitrogens with one attached hydrogen (secondary N) is 1. The van der Waals surface area contributed by atoms with E-state index in [1.807, 2.05) is 31.2 Å². The summed E-state index contributed by atoms with van der Waals surface area (Å²) in [5.41, 5.74) is 5.10. The van der Waals surface area contributed by atoms with Crippen molar-refractivity contribution in [3.05, 3.63) is 58.5 Å². The number of nitrogens with zero attached hydrogens (tertiary/aromatic N) is 1. The first-order valence-electron chi connectivity index (χ1n) is 6.03. The molecule has 19 heavy (non-hydrogen) atoms. The van der Waals surface area contributed by atoms with Crippen LogP contribution in [0, 0.1) is 20.8 Å². The highest BCUT2D eigenvalue weighted by Crippen LogP contribution is 2.13. The van der Waals surface area contributed by atoms with Gasteiger partial charge in [-0.1, -0.05) is 29.8 Å². The lowest BCUT2D eigenvalue weighted by molar-refractivity contribution is 0.0953. The number of hydrogen-bond acceptors (Lipinski definition) is 3. The van der Waals surface area contributed by atoms with Crippen LogP contribution in [0.5, 0.6) is 0 Å². The molecule has 2 aromatic rings. The van der Waals surface area contributed by atoms with Crippen molar-refractivity contribution in [2.45, 2.75) is 20.8 Å². The molecule has 0 radical (unpaired) electrons. The van der Waals surface area contributed by atoms with Crippen molar-refractivity contribution in [1.29, 1.82) is 0 Å². The Morgan fingerprint density at radius 3 is 2.68 bits per heavy atom. The van der Waals surface area contributed by atoms with E-state index < -0.39 is 0 Å². The van der Waals surface area contributed by atoms with E-state index in [0.29, 0.717) is 17.1 Å². The van der Waals surface area contributed by atoms with Crippen LogP contribution in [0.25, 0.3) is 0 Å².